The number of carbonyl (C=O) groups is 2. The Balaban J connectivity index is 2.70. The zero-order valence-corrected chi connectivity index (χ0v) is 9.27. The highest BCUT2D eigenvalue weighted by Gasteiger charge is 2.16. The first-order valence-corrected chi connectivity index (χ1v) is 4.93. The molecular formula is C11H13FN2O3. The molecule has 1 atom stereocenters. The van der Waals surface area contributed by atoms with Crippen molar-refractivity contribution in [2.75, 3.05) is 12.3 Å². The summed E-state index contributed by atoms with van der Waals surface area (Å²) in [6.45, 7) is 1.31. The smallest absolute Gasteiger partial charge is 0.341 e. The molecule has 0 heterocycles. The number of primary amides is 1. The standard InChI is InChI=1S/C11H13FN2O3/c1-6(10(14)15)5-17-11(16)8-4-7(13)2-3-9(8)12/h2-4,6H,5,13H2,1H3,(H2,14,15). The second kappa shape index (κ2) is 5.29. The Hall–Kier alpha value is -2.11. The van der Waals surface area contributed by atoms with Gasteiger partial charge in [0.05, 0.1) is 11.5 Å². The lowest BCUT2D eigenvalue weighted by molar-refractivity contribution is -0.122. The van der Waals surface area contributed by atoms with Gasteiger partial charge in [-0.3, -0.25) is 4.79 Å². The molecule has 0 fully saturated rings. The molecule has 17 heavy (non-hydrogen) atoms. The summed E-state index contributed by atoms with van der Waals surface area (Å²) in [5, 5.41) is 0. The largest absolute Gasteiger partial charge is 0.461 e. The average Bonchev–Trinajstić information content (AvgIpc) is 2.28. The van der Waals surface area contributed by atoms with Gasteiger partial charge in [0, 0.05) is 5.69 Å². The fourth-order valence-electron chi connectivity index (χ4n) is 1.06. The molecule has 1 rings (SSSR count). The minimum atomic E-state index is -0.872. The Morgan fingerprint density at radius 1 is 1.47 bits per heavy atom. The van der Waals surface area contributed by atoms with Crippen molar-refractivity contribution < 1.29 is 18.7 Å². The van der Waals surface area contributed by atoms with Crippen LogP contribution in [0.4, 0.5) is 10.1 Å². The van der Waals surface area contributed by atoms with E-state index in [1.54, 1.807) is 0 Å². The number of hydrogen-bond acceptors (Lipinski definition) is 4. The molecule has 1 aromatic rings. The predicted octanol–water partition coefficient (Wildman–Crippen LogP) is 0.686. The molecule has 1 amide bonds. The van der Waals surface area contributed by atoms with Gasteiger partial charge in [-0.15, -0.1) is 0 Å². The van der Waals surface area contributed by atoms with E-state index in [0.717, 1.165) is 6.07 Å². The minimum absolute atomic E-state index is 0.192. The summed E-state index contributed by atoms with van der Waals surface area (Å²) >= 11 is 0. The Bertz CT molecular complexity index is 448. The number of halogens is 1. The third kappa shape index (κ3) is 3.44. The van der Waals surface area contributed by atoms with Crippen LogP contribution < -0.4 is 11.5 Å². The maximum Gasteiger partial charge on any atom is 0.341 e. The molecule has 0 aliphatic carbocycles. The lowest BCUT2D eigenvalue weighted by atomic mass is 10.2. The molecule has 0 aliphatic rings. The first-order valence-electron chi connectivity index (χ1n) is 4.93. The van der Waals surface area contributed by atoms with Crippen LogP contribution in [0.15, 0.2) is 18.2 Å². The highest BCUT2D eigenvalue weighted by Crippen LogP contribution is 2.13. The summed E-state index contributed by atoms with van der Waals surface area (Å²) < 4.78 is 18.0. The van der Waals surface area contributed by atoms with Crippen LogP contribution in [-0.2, 0) is 9.53 Å². The molecule has 1 aromatic carbocycles. The van der Waals surface area contributed by atoms with E-state index >= 15 is 0 Å². The quantitative estimate of drug-likeness (QED) is 0.597. The van der Waals surface area contributed by atoms with Crippen molar-refractivity contribution in [1.29, 1.82) is 0 Å². The topological polar surface area (TPSA) is 95.4 Å². The molecule has 0 spiro atoms. The van der Waals surface area contributed by atoms with Crippen LogP contribution >= 0.6 is 0 Å². The van der Waals surface area contributed by atoms with Crippen molar-refractivity contribution in [1.82, 2.24) is 0 Å². The van der Waals surface area contributed by atoms with Crippen molar-refractivity contribution in [3.05, 3.63) is 29.6 Å². The fraction of sp³-hybridized carbons (Fsp3) is 0.273. The van der Waals surface area contributed by atoms with Gasteiger partial charge >= 0.3 is 5.97 Å². The first-order chi connectivity index (χ1) is 7.91. The number of hydrogen-bond donors (Lipinski definition) is 2. The van der Waals surface area contributed by atoms with Crippen molar-refractivity contribution in [2.45, 2.75) is 6.92 Å². The van der Waals surface area contributed by atoms with Crippen LogP contribution in [0, 0.1) is 11.7 Å². The predicted molar refractivity (Wildman–Crippen MR) is 59.5 cm³/mol. The third-order valence-corrected chi connectivity index (χ3v) is 2.16. The molecule has 0 radical (unpaired) electrons. The van der Waals surface area contributed by atoms with Gasteiger partial charge in [-0.25, -0.2) is 9.18 Å². The number of esters is 1. The second-order valence-electron chi connectivity index (χ2n) is 3.64. The Kier molecular flexibility index (Phi) is 4.03. The van der Waals surface area contributed by atoms with E-state index < -0.39 is 23.6 Å². The van der Waals surface area contributed by atoms with Crippen molar-refractivity contribution in [3.63, 3.8) is 0 Å². The normalized spacial score (nSPS) is 11.9. The van der Waals surface area contributed by atoms with E-state index in [9.17, 15) is 14.0 Å². The molecule has 0 bridgehead atoms. The van der Waals surface area contributed by atoms with Crippen LogP contribution in [0.25, 0.3) is 0 Å². The van der Waals surface area contributed by atoms with Gasteiger partial charge < -0.3 is 16.2 Å². The first kappa shape index (κ1) is 13.0. The van der Waals surface area contributed by atoms with E-state index in [4.69, 9.17) is 16.2 Å². The van der Waals surface area contributed by atoms with E-state index in [2.05, 4.69) is 0 Å². The number of rotatable bonds is 4. The van der Waals surface area contributed by atoms with E-state index in [0.29, 0.717) is 0 Å². The van der Waals surface area contributed by atoms with Crippen molar-refractivity contribution >= 4 is 17.6 Å². The fourth-order valence-corrected chi connectivity index (χ4v) is 1.06. The summed E-state index contributed by atoms with van der Waals surface area (Å²) in [5.41, 5.74) is 10.4. The highest BCUT2D eigenvalue weighted by atomic mass is 19.1. The Morgan fingerprint density at radius 3 is 2.71 bits per heavy atom. The van der Waals surface area contributed by atoms with E-state index in [1.165, 1.54) is 19.1 Å². The Labute approximate surface area is 97.5 Å². The SMILES string of the molecule is CC(COC(=O)c1cc(N)ccc1F)C(N)=O. The van der Waals surface area contributed by atoms with Gasteiger partial charge in [0.2, 0.25) is 5.91 Å². The highest BCUT2D eigenvalue weighted by molar-refractivity contribution is 5.91. The summed E-state index contributed by atoms with van der Waals surface area (Å²) in [5.74, 6) is -2.81. The summed E-state index contributed by atoms with van der Waals surface area (Å²) in [4.78, 5) is 22.2. The molecule has 0 saturated heterocycles. The summed E-state index contributed by atoms with van der Waals surface area (Å²) in [7, 11) is 0. The molecule has 0 aliphatic heterocycles. The van der Waals surface area contributed by atoms with Gasteiger partial charge in [0.15, 0.2) is 0 Å². The molecule has 4 N–H and O–H groups in total. The van der Waals surface area contributed by atoms with Crippen LogP contribution in [0.5, 0.6) is 0 Å². The number of ether oxygens (including phenoxy) is 1. The summed E-state index contributed by atoms with van der Waals surface area (Å²) in [6.07, 6.45) is 0. The number of benzene rings is 1. The Morgan fingerprint density at radius 2 is 2.12 bits per heavy atom. The van der Waals surface area contributed by atoms with Gasteiger partial charge in [-0.05, 0) is 18.2 Å². The number of carbonyl (C=O) groups excluding carboxylic acids is 2. The maximum absolute atomic E-state index is 13.3. The monoisotopic (exact) mass is 240 g/mol. The molecule has 5 nitrogen and oxygen atoms in total. The average molecular weight is 240 g/mol. The summed E-state index contributed by atoms with van der Waals surface area (Å²) in [6, 6.07) is 3.58. The maximum atomic E-state index is 13.3. The second-order valence-corrected chi connectivity index (χ2v) is 3.64. The zero-order valence-electron chi connectivity index (χ0n) is 9.27. The molecule has 92 valence electrons. The van der Waals surface area contributed by atoms with Crippen LogP contribution in [0.3, 0.4) is 0 Å². The van der Waals surface area contributed by atoms with Crippen LogP contribution in [0.1, 0.15) is 17.3 Å². The van der Waals surface area contributed by atoms with Crippen molar-refractivity contribution in [2.24, 2.45) is 11.7 Å². The van der Waals surface area contributed by atoms with Gasteiger partial charge in [0.1, 0.15) is 12.4 Å². The lowest BCUT2D eigenvalue weighted by Crippen LogP contribution is -2.26. The zero-order chi connectivity index (χ0) is 13.0. The minimum Gasteiger partial charge on any atom is -0.461 e. The lowest BCUT2D eigenvalue weighted by Gasteiger charge is -2.09. The van der Waals surface area contributed by atoms with E-state index in [1.807, 2.05) is 0 Å². The number of nitrogens with two attached hydrogens (primary N) is 2. The van der Waals surface area contributed by atoms with Crippen LogP contribution in [-0.4, -0.2) is 18.5 Å². The third-order valence-electron chi connectivity index (χ3n) is 2.16. The molecule has 6 heteroatoms. The number of amides is 1. The van der Waals surface area contributed by atoms with E-state index in [-0.39, 0.29) is 17.9 Å². The molecule has 1 unspecified atom stereocenters. The van der Waals surface area contributed by atoms with Gasteiger partial charge in [-0.2, -0.15) is 0 Å². The number of nitrogen functional groups attached to an aromatic ring is 1. The van der Waals surface area contributed by atoms with Gasteiger partial charge in [-0.1, -0.05) is 6.92 Å². The molecular weight excluding hydrogens is 227 g/mol. The van der Waals surface area contributed by atoms with Crippen LogP contribution in [0.2, 0.25) is 0 Å². The number of anilines is 1. The van der Waals surface area contributed by atoms with Crippen molar-refractivity contribution in [3.8, 4) is 0 Å². The molecule has 0 saturated carbocycles. The molecule has 0 aromatic heterocycles. The van der Waals surface area contributed by atoms with Gasteiger partial charge in [0.25, 0.3) is 0 Å².